The lowest BCUT2D eigenvalue weighted by Crippen LogP contribution is -2.39. The van der Waals surface area contributed by atoms with Crippen LogP contribution in [0.1, 0.15) is 27.5 Å². The molecule has 1 unspecified atom stereocenters. The fourth-order valence-electron chi connectivity index (χ4n) is 3.42. The molecular weight excluding hydrogens is 431 g/mol. The first kappa shape index (κ1) is 23.0. The van der Waals surface area contributed by atoms with E-state index in [1.807, 2.05) is 5.32 Å². The highest BCUT2D eigenvalue weighted by Gasteiger charge is 2.44. The summed E-state index contributed by atoms with van der Waals surface area (Å²) in [6.07, 6.45) is -3.73. The molecule has 0 heterocycles. The number of nitrogens with one attached hydrogen (secondary N) is 1. The Morgan fingerprint density at radius 2 is 1.47 bits per heavy atom. The zero-order valence-corrected chi connectivity index (χ0v) is 17.6. The van der Waals surface area contributed by atoms with Gasteiger partial charge in [-0.15, -0.1) is 0 Å². The van der Waals surface area contributed by atoms with E-state index in [-0.39, 0.29) is 28.2 Å². The van der Waals surface area contributed by atoms with E-state index < -0.39 is 23.9 Å². The highest BCUT2D eigenvalue weighted by atomic mass is 19.4. The SMILES string of the molecule is COc1ccc(/C=C2\C(=O)c3cc(OC)c(OC)cc3C2NC(=O)C(F)(F)F)cc1OC. The third kappa shape index (κ3) is 4.20. The van der Waals surface area contributed by atoms with Crippen LogP contribution in [0.3, 0.4) is 0 Å². The number of halogens is 3. The number of hydrogen-bond acceptors (Lipinski definition) is 6. The third-order valence-corrected chi connectivity index (χ3v) is 4.95. The van der Waals surface area contributed by atoms with E-state index in [2.05, 4.69) is 0 Å². The van der Waals surface area contributed by atoms with Crippen molar-refractivity contribution < 1.29 is 41.7 Å². The van der Waals surface area contributed by atoms with E-state index in [1.165, 1.54) is 46.6 Å². The molecule has 0 bridgehead atoms. The number of carbonyl (C=O) groups excluding carboxylic acids is 2. The van der Waals surface area contributed by atoms with Crippen LogP contribution in [0.2, 0.25) is 0 Å². The van der Waals surface area contributed by atoms with Gasteiger partial charge in [-0.3, -0.25) is 9.59 Å². The monoisotopic (exact) mass is 451 g/mol. The third-order valence-electron chi connectivity index (χ3n) is 4.95. The standard InChI is InChI=1S/C22H20F3NO6/c1-29-15-6-5-11(8-16(15)30-2)7-14-19(26-21(28)22(23,24)25)12-9-17(31-3)18(32-4)10-13(12)20(14)27/h5-10,19H,1-4H3,(H,26,28)/b14-7-. The largest absolute Gasteiger partial charge is 0.493 e. The van der Waals surface area contributed by atoms with Crippen molar-refractivity contribution in [2.75, 3.05) is 28.4 Å². The summed E-state index contributed by atoms with van der Waals surface area (Å²) in [4.78, 5) is 24.9. The van der Waals surface area contributed by atoms with Gasteiger partial charge in [0.05, 0.1) is 34.5 Å². The Morgan fingerprint density at radius 1 is 0.906 bits per heavy atom. The van der Waals surface area contributed by atoms with E-state index in [4.69, 9.17) is 18.9 Å². The molecule has 10 heteroatoms. The molecule has 2 aromatic rings. The lowest BCUT2D eigenvalue weighted by molar-refractivity contribution is -0.174. The Labute approximate surface area is 181 Å². The molecule has 32 heavy (non-hydrogen) atoms. The van der Waals surface area contributed by atoms with Gasteiger partial charge in [0.25, 0.3) is 0 Å². The molecule has 0 radical (unpaired) electrons. The number of ether oxygens (including phenoxy) is 4. The number of amides is 1. The zero-order valence-electron chi connectivity index (χ0n) is 17.6. The maximum absolute atomic E-state index is 13.1. The zero-order chi connectivity index (χ0) is 23.6. The maximum Gasteiger partial charge on any atom is 0.471 e. The lowest BCUT2D eigenvalue weighted by atomic mass is 10.0. The Hall–Kier alpha value is -3.69. The predicted octanol–water partition coefficient (Wildman–Crippen LogP) is 3.72. The topological polar surface area (TPSA) is 83.1 Å². The number of Topliss-reactive ketones (excluding diaryl/α,β-unsaturated/α-hetero) is 1. The molecule has 0 fully saturated rings. The minimum Gasteiger partial charge on any atom is -0.493 e. The van der Waals surface area contributed by atoms with Crippen LogP contribution >= 0.6 is 0 Å². The number of carbonyl (C=O) groups is 2. The molecule has 1 aliphatic rings. The van der Waals surface area contributed by atoms with Gasteiger partial charge in [0, 0.05) is 11.1 Å². The second-order valence-corrected chi connectivity index (χ2v) is 6.74. The number of rotatable bonds is 6. The van der Waals surface area contributed by atoms with Gasteiger partial charge >= 0.3 is 12.1 Å². The highest BCUT2D eigenvalue weighted by molar-refractivity contribution is 6.17. The summed E-state index contributed by atoms with van der Waals surface area (Å²) in [6, 6.07) is 6.16. The van der Waals surface area contributed by atoms with Crippen LogP contribution in [0.5, 0.6) is 23.0 Å². The molecule has 0 spiro atoms. The lowest BCUT2D eigenvalue weighted by Gasteiger charge is -2.18. The second-order valence-electron chi connectivity index (χ2n) is 6.74. The van der Waals surface area contributed by atoms with Crippen molar-refractivity contribution in [2.24, 2.45) is 0 Å². The molecule has 0 aliphatic heterocycles. The predicted molar refractivity (Wildman–Crippen MR) is 108 cm³/mol. The van der Waals surface area contributed by atoms with Gasteiger partial charge in [0.1, 0.15) is 0 Å². The van der Waals surface area contributed by atoms with E-state index in [0.717, 1.165) is 0 Å². The average Bonchev–Trinajstić information content (AvgIpc) is 3.02. The Morgan fingerprint density at radius 3 is 2.03 bits per heavy atom. The molecule has 1 amide bonds. The molecule has 170 valence electrons. The molecule has 0 saturated carbocycles. The molecule has 1 N–H and O–H groups in total. The number of hydrogen-bond donors (Lipinski definition) is 1. The number of benzene rings is 2. The van der Waals surface area contributed by atoms with Crippen LogP contribution in [-0.4, -0.2) is 46.3 Å². The van der Waals surface area contributed by atoms with Crippen LogP contribution in [-0.2, 0) is 4.79 Å². The summed E-state index contributed by atoms with van der Waals surface area (Å²) in [5.74, 6) is -1.49. The van der Waals surface area contributed by atoms with Crippen LogP contribution in [0, 0.1) is 0 Å². The van der Waals surface area contributed by atoms with Gasteiger partial charge in [-0.1, -0.05) is 6.07 Å². The van der Waals surface area contributed by atoms with Gasteiger partial charge in [-0.25, -0.2) is 0 Å². The quantitative estimate of drug-likeness (QED) is 0.675. The number of methoxy groups -OCH3 is 4. The van der Waals surface area contributed by atoms with Gasteiger partial charge in [-0.2, -0.15) is 13.2 Å². The van der Waals surface area contributed by atoms with E-state index in [1.54, 1.807) is 18.2 Å². The number of ketones is 1. The summed E-state index contributed by atoms with van der Waals surface area (Å²) >= 11 is 0. The minimum atomic E-state index is -5.13. The van der Waals surface area contributed by atoms with E-state index in [9.17, 15) is 22.8 Å². The fourth-order valence-corrected chi connectivity index (χ4v) is 3.42. The number of alkyl halides is 3. The van der Waals surface area contributed by atoms with E-state index in [0.29, 0.717) is 17.1 Å². The van der Waals surface area contributed by atoms with Crippen molar-refractivity contribution >= 4 is 17.8 Å². The molecule has 0 saturated heterocycles. The molecule has 2 aromatic carbocycles. The van der Waals surface area contributed by atoms with Crippen LogP contribution < -0.4 is 24.3 Å². The van der Waals surface area contributed by atoms with Crippen molar-refractivity contribution in [3.05, 3.63) is 52.6 Å². The van der Waals surface area contributed by atoms with Crippen molar-refractivity contribution in [1.29, 1.82) is 0 Å². The highest BCUT2D eigenvalue weighted by Crippen LogP contribution is 2.43. The molecule has 3 rings (SSSR count). The summed E-state index contributed by atoms with van der Waals surface area (Å²) in [6.45, 7) is 0. The van der Waals surface area contributed by atoms with Crippen molar-refractivity contribution in [3.8, 4) is 23.0 Å². The van der Waals surface area contributed by atoms with Crippen molar-refractivity contribution in [2.45, 2.75) is 12.2 Å². The minimum absolute atomic E-state index is 0.0554. The summed E-state index contributed by atoms with van der Waals surface area (Å²) in [5.41, 5.74) is 0.669. The van der Waals surface area contributed by atoms with Crippen LogP contribution in [0.4, 0.5) is 13.2 Å². The summed E-state index contributed by atoms with van der Waals surface area (Å²) in [5, 5.41) is 1.91. The van der Waals surface area contributed by atoms with Gasteiger partial charge in [-0.05, 0) is 41.5 Å². The van der Waals surface area contributed by atoms with E-state index >= 15 is 0 Å². The average molecular weight is 451 g/mol. The Kier molecular flexibility index (Phi) is 6.33. The normalized spacial score (nSPS) is 16.5. The first-order chi connectivity index (χ1) is 15.1. The smallest absolute Gasteiger partial charge is 0.471 e. The number of fused-ring (bicyclic) bond motifs is 1. The summed E-state index contributed by atoms with van der Waals surface area (Å²) < 4.78 is 59.8. The second kappa shape index (κ2) is 8.81. The van der Waals surface area contributed by atoms with Gasteiger partial charge < -0.3 is 24.3 Å². The molecule has 0 aromatic heterocycles. The summed E-state index contributed by atoms with van der Waals surface area (Å²) in [7, 11) is 5.60. The Balaban J connectivity index is 2.15. The first-order valence-electron chi connectivity index (χ1n) is 9.26. The molecule has 1 aliphatic carbocycles. The van der Waals surface area contributed by atoms with Crippen molar-refractivity contribution in [1.82, 2.24) is 5.32 Å². The van der Waals surface area contributed by atoms with Crippen LogP contribution in [0.25, 0.3) is 6.08 Å². The van der Waals surface area contributed by atoms with Crippen molar-refractivity contribution in [3.63, 3.8) is 0 Å². The molecular formula is C22H20F3NO6. The van der Waals surface area contributed by atoms with Gasteiger partial charge in [0.15, 0.2) is 28.8 Å². The van der Waals surface area contributed by atoms with Crippen LogP contribution in [0.15, 0.2) is 35.9 Å². The Bertz CT molecular complexity index is 1090. The first-order valence-corrected chi connectivity index (χ1v) is 9.26. The fraction of sp³-hybridized carbons (Fsp3) is 0.273. The molecule has 7 nitrogen and oxygen atoms in total. The van der Waals surface area contributed by atoms with Gasteiger partial charge in [0.2, 0.25) is 0 Å². The maximum atomic E-state index is 13.1. The molecule has 1 atom stereocenters.